The van der Waals surface area contributed by atoms with E-state index in [4.69, 9.17) is 0 Å². The van der Waals surface area contributed by atoms with Gasteiger partial charge in [-0.3, -0.25) is 4.79 Å². The van der Waals surface area contributed by atoms with Gasteiger partial charge < -0.3 is 10.6 Å². The van der Waals surface area contributed by atoms with Gasteiger partial charge in [-0.15, -0.1) is 12.4 Å². The van der Waals surface area contributed by atoms with Crippen LogP contribution in [0.25, 0.3) is 0 Å². The van der Waals surface area contributed by atoms with Crippen molar-refractivity contribution in [3.8, 4) is 0 Å². The Labute approximate surface area is 121 Å². The van der Waals surface area contributed by atoms with Crippen LogP contribution in [0.4, 0.5) is 0 Å². The third kappa shape index (κ3) is 5.21. The van der Waals surface area contributed by atoms with Gasteiger partial charge in [0.05, 0.1) is 6.04 Å². The highest BCUT2D eigenvalue weighted by Crippen LogP contribution is 2.17. The number of hydrogen-bond acceptors (Lipinski definition) is 2. The lowest BCUT2D eigenvalue weighted by Crippen LogP contribution is -2.33. The number of benzene rings is 1. The van der Waals surface area contributed by atoms with E-state index in [1.54, 1.807) is 0 Å². The number of rotatable bonds is 4. The fourth-order valence-electron chi connectivity index (χ4n) is 2.47. The predicted molar refractivity (Wildman–Crippen MR) is 80.5 cm³/mol. The molecule has 2 N–H and O–H groups in total. The highest BCUT2D eigenvalue weighted by Gasteiger charge is 2.17. The summed E-state index contributed by atoms with van der Waals surface area (Å²) in [5, 5.41) is 6.41. The van der Waals surface area contributed by atoms with E-state index in [1.165, 1.54) is 0 Å². The van der Waals surface area contributed by atoms with Crippen LogP contribution < -0.4 is 10.6 Å². The molecule has 0 spiro atoms. The topological polar surface area (TPSA) is 41.1 Å². The summed E-state index contributed by atoms with van der Waals surface area (Å²) in [7, 11) is 0. The molecule has 1 saturated heterocycles. The number of halogens is 1. The highest BCUT2D eigenvalue weighted by molar-refractivity contribution is 5.85. The number of carbonyl (C=O) groups excluding carboxylic acids is 1. The van der Waals surface area contributed by atoms with Gasteiger partial charge >= 0.3 is 0 Å². The van der Waals surface area contributed by atoms with Crippen LogP contribution in [0.15, 0.2) is 30.3 Å². The first-order valence-electron chi connectivity index (χ1n) is 6.80. The van der Waals surface area contributed by atoms with Gasteiger partial charge in [0.25, 0.3) is 0 Å². The molecule has 0 bridgehead atoms. The van der Waals surface area contributed by atoms with Gasteiger partial charge in [-0.2, -0.15) is 0 Å². The third-order valence-electron chi connectivity index (χ3n) is 3.61. The summed E-state index contributed by atoms with van der Waals surface area (Å²) in [6.07, 6.45) is 2.90. The second-order valence-corrected chi connectivity index (χ2v) is 5.10. The van der Waals surface area contributed by atoms with Crippen molar-refractivity contribution in [2.45, 2.75) is 32.2 Å². The smallest absolute Gasteiger partial charge is 0.220 e. The van der Waals surface area contributed by atoms with E-state index in [1.807, 2.05) is 25.1 Å². The highest BCUT2D eigenvalue weighted by atomic mass is 35.5. The van der Waals surface area contributed by atoms with Crippen LogP contribution in [0.2, 0.25) is 0 Å². The SMILES string of the molecule is CC(NC(=O)CC1CCNCC1)c1ccccc1.Cl. The molecule has 1 unspecified atom stereocenters. The molecule has 0 radical (unpaired) electrons. The van der Waals surface area contributed by atoms with Crippen molar-refractivity contribution < 1.29 is 4.79 Å². The van der Waals surface area contributed by atoms with Crippen LogP contribution in [0.3, 0.4) is 0 Å². The Morgan fingerprint density at radius 3 is 2.58 bits per heavy atom. The molecule has 19 heavy (non-hydrogen) atoms. The van der Waals surface area contributed by atoms with E-state index in [0.717, 1.165) is 31.5 Å². The van der Waals surface area contributed by atoms with Crippen molar-refractivity contribution in [3.05, 3.63) is 35.9 Å². The quantitative estimate of drug-likeness (QED) is 0.891. The molecular weight excluding hydrogens is 260 g/mol. The summed E-state index contributed by atoms with van der Waals surface area (Å²) >= 11 is 0. The van der Waals surface area contributed by atoms with E-state index in [2.05, 4.69) is 22.8 Å². The van der Waals surface area contributed by atoms with E-state index in [9.17, 15) is 4.79 Å². The Kier molecular flexibility index (Phi) is 6.89. The number of piperidine rings is 1. The Morgan fingerprint density at radius 2 is 1.95 bits per heavy atom. The minimum Gasteiger partial charge on any atom is -0.350 e. The van der Waals surface area contributed by atoms with Gasteiger partial charge in [0.15, 0.2) is 0 Å². The molecule has 1 aromatic rings. The second-order valence-electron chi connectivity index (χ2n) is 5.10. The van der Waals surface area contributed by atoms with Crippen molar-refractivity contribution >= 4 is 18.3 Å². The zero-order valence-electron chi connectivity index (χ0n) is 11.4. The molecule has 1 atom stereocenters. The monoisotopic (exact) mass is 282 g/mol. The molecule has 0 aromatic heterocycles. The summed E-state index contributed by atoms with van der Waals surface area (Å²) in [5.74, 6) is 0.729. The minimum atomic E-state index is 0. The fourth-order valence-corrected chi connectivity index (χ4v) is 2.47. The van der Waals surface area contributed by atoms with Crippen LogP contribution in [-0.4, -0.2) is 19.0 Å². The first-order chi connectivity index (χ1) is 8.75. The predicted octanol–water partition coefficient (Wildman–Crippen LogP) is 2.68. The maximum Gasteiger partial charge on any atom is 0.220 e. The molecule has 0 aliphatic carbocycles. The van der Waals surface area contributed by atoms with Crippen LogP contribution in [0.1, 0.15) is 37.8 Å². The van der Waals surface area contributed by atoms with Gasteiger partial charge in [0.2, 0.25) is 5.91 Å². The molecular formula is C15H23ClN2O. The molecule has 2 rings (SSSR count). The van der Waals surface area contributed by atoms with E-state index >= 15 is 0 Å². The van der Waals surface area contributed by atoms with Gasteiger partial charge in [0.1, 0.15) is 0 Å². The summed E-state index contributed by atoms with van der Waals surface area (Å²) in [4.78, 5) is 12.0. The zero-order valence-corrected chi connectivity index (χ0v) is 12.2. The fraction of sp³-hybridized carbons (Fsp3) is 0.533. The number of carbonyl (C=O) groups is 1. The molecule has 1 aliphatic rings. The Morgan fingerprint density at radius 1 is 1.32 bits per heavy atom. The first-order valence-corrected chi connectivity index (χ1v) is 6.80. The van der Waals surface area contributed by atoms with Crippen molar-refractivity contribution in [3.63, 3.8) is 0 Å². The van der Waals surface area contributed by atoms with E-state index < -0.39 is 0 Å². The van der Waals surface area contributed by atoms with E-state index in [-0.39, 0.29) is 24.4 Å². The number of nitrogens with one attached hydrogen (secondary N) is 2. The molecule has 1 aromatic carbocycles. The lowest BCUT2D eigenvalue weighted by molar-refractivity contribution is -0.122. The largest absolute Gasteiger partial charge is 0.350 e. The van der Waals surface area contributed by atoms with Gasteiger partial charge in [-0.1, -0.05) is 30.3 Å². The molecule has 4 heteroatoms. The first kappa shape index (κ1) is 16.0. The van der Waals surface area contributed by atoms with Crippen molar-refractivity contribution in [2.75, 3.05) is 13.1 Å². The molecule has 106 valence electrons. The number of amides is 1. The normalized spacial score (nSPS) is 17.3. The summed E-state index contributed by atoms with van der Waals surface area (Å²) in [6, 6.07) is 10.2. The molecule has 3 nitrogen and oxygen atoms in total. The van der Waals surface area contributed by atoms with Crippen LogP contribution in [0.5, 0.6) is 0 Å². The molecule has 0 saturated carbocycles. The Balaban J connectivity index is 0.00000180. The van der Waals surface area contributed by atoms with Gasteiger partial charge in [0, 0.05) is 6.42 Å². The maximum absolute atomic E-state index is 12.0. The minimum absolute atomic E-state index is 0. The second kappa shape index (κ2) is 8.18. The van der Waals surface area contributed by atoms with Crippen LogP contribution in [0, 0.1) is 5.92 Å². The maximum atomic E-state index is 12.0. The third-order valence-corrected chi connectivity index (χ3v) is 3.61. The summed E-state index contributed by atoms with van der Waals surface area (Å²) in [6.45, 7) is 4.13. The van der Waals surface area contributed by atoms with Crippen LogP contribution in [-0.2, 0) is 4.79 Å². The lowest BCUT2D eigenvalue weighted by Gasteiger charge is -2.23. The van der Waals surface area contributed by atoms with Crippen molar-refractivity contribution in [1.82, 2.24) is 10.6 Å². The Bertz CT molecular complexity index is 377. The lowest BCUT2D eigenvalue weighted by atomic mass is 9.94. The van der Waals surface area contributed by atoms with Gasteiger partial charge in [-0.05, 0) is 44.3 Å². The average molecular weight is 283 g/mol. The van der Waals surface area contributed by atoms with Crippen LogP contribution >= 0.6 is 12.4 Å². The standard InChI is InChI=1S/C15H22N2O.ClH/c1-12(14-5-3-2-4-6-14)17-15(18)11-13-7-9-16-10-8-13;/h2-6,12-13,16H,7-11H2,1H3,(H,17,18);1H. The average Bonchev–Trinajstić information content (AvgIpc) is 2.40. The molecule has 1 heterocycles. The van der Waals surface area contributed by atoms with E-state index in [0.29, 0.717) is 12.3 Å². The van der Waals surface area contributed by atoms with Crippen molar-refractivity contribution in [1.29, 1.82) is 0 Å². The number of hydrogen-bond donors (Lipinski definition) is 2. The summed E-state index contributed by atoms with van der Waals surface area (Å²) in [5.41, 5.74) is 1.16. The molecule has 1 amide bonds. The molecule has 1 aliphatic heterocycles. The van der Waals surface area contributed by atoms with Gasteiger partial charge in [-0.25, -0.2) is 0 Å². The Hall–Kier alpha value is -1.06. The molecule has 1 fully saturated rings. The summed E-state index contributed by atoms with van der Waals surface area (Å²) < 4.78 is 0. The van der Waals surface area contributed by atoms with Crippen molar-refractivity contribution in [2.24, 2.45) is 5.92 Å². The zero-order chi connectivity index (χ0) is 12.8.